The van der Waals surface area contributed by atoms with Crippen molar-refractivity contribution in [1.82, 2.24) is 4.90 Å². The van der Waals surface area contributed by atoms with Gasteiger partial charge in [-0.05, 0) is 16.7 Å². The summed E-state index contributed by atoms with van der Waals surface area (Å²) in [7, 11) is 0. The van der Waals surface area contributed by atoms with Crippen LogP contribution in [0.15, 0.2) is 126 Å². The molecule has 1 N–H and O–H groups in total. The summed E-state index contributed by atoms with van der Waals surface area (Å²) < 4.78 is 0. The number of carboxylic acids is 1. The molecule has 0 aromatic heterocycles. The number of rotatable bonds is 7. The Labute approximate surface area is 199 Å². The first kappa shape index (κ1) is 21.7. The third-order valence-electron chi connectivity index (χ3n) is 6.37. The van der Waals surface area contributed by atoms with Crippen molar-refractivity contribution >= 4 is 11.8 Å². The molecule has 5 rings (SSSR count). The van der Waals surface area contributed by atoms with Gasteiger partial charge in [0.15, 0.2) is 5.54 Å². The first-order chi connectivity index (χ1) is 16.7. The topological polar surface area (TPSA) is 52.9 Å². The highest BCUT2D eigenvalue weighted by Crippen LogP contribution is 2.45. The van der Waals surface area contributed by atoms with E-state index in [0.717, 1.165) is 22.3 Å². The fourth-order valence-corrected chi connectivity index (χ4v) is 4.83. The van der Waals surface area contributed by atoms with Gasteiger partial charge in [0, 0.05) is 18.5 Å². The number of benzene rings is 4. The van der Waals surface area contributed by atoms with Gasteiger partial charge in [-0.25, -0.2) is 9.79 Å². The number of aliphatic imine (C=N–C) groups is 1. The molecular weight excluding hydrogens is 420 g/mol. The summed E-state index contributed by atoms with van der Waals surface area (Å²) in [5.41, 5.74) is 2.53. The molecule has 4 aromatic rings. The van der Waals surface area contributed by atoms with Gasteiger partial charge >= 0.3 is 5.97 Å². The van der Waals surface area contributed by atoms with Gasteiger partial charge in [-0.15, -0.1) is 0 Å². The largest absolute Gasteiger partial charge is 0.479 e. The molecule has 4 nitrogen and oxygen atoms in total. The van der Waals surface area contributed by atoms with Crippen molar-refractivity contribution in [2.45, 2.75) is 24.5 Å². The predicted octanol–water partition coefficient (Wildman–Crippen LogP) is 5.76. The highest BCUT2D eigenvalue weighted by atomic mass is 16.4. The molecule has 0 bridgehead atoms. The van der Waals surface area contributed by atoms with Gasteiger partial charge in [0.1, 0.15) is 5.84 Å². The molecule has 1 heterocycles. The normalized spacial score (nSPS) is 19.6. The van der Waals surface area contributed by atoms with Crippen LogP contribution in [0.1, 0.15) is 28.3 Å². The Morgan fingerprint density at radius 1 is 0.735 bits per heavy atom. The molecule has 2 atom stereocenters. The van der Waals surface area contributed by atoms with Crippen LogP contribution in [0.2, 0.25) is 0 Å². The maximum Gasteiger partial charge on any atom is 0.334 e. The monoisotopic (exact) mass is 446 g/mol. The Morgan fingerprint density at radius 3 is 1.79 bits per heavy atom. The minimum Gasteiger partial charge on any atom is -0.479 e. The lowest BCUT2D eigenvalue weighted by Crippen LogP contribution is -2.47. The van der Waals surface area contributed by atoms with Crippen LogP contribution in [0, 0.1) is 0 Å². The Hall–Kier alpha value is -4.18. The number of carbonyl (C=O) groups is 1. The van der Waals surface area contributed by atoms with Crippen LogP contribution in [0.5, 0.6) is 0 Å². The van der Waals surface area contributed by atoms with E-state index in [4.69, 9.17) is 4.99 Å². The minimum absolute atomic E-state index is 0.296. The van der Waals surface area contributed by atoms with Gasteiger partial charge in [-0.3, -0.25) is 0 Å². The van der Waals surface area contributed by atoms with E-state index in [2.05, 4.69) is 17.0 Å². The highest BCUT2D eigenvalue weighted by Gasteiger charge is 2.55. The molecule has 0 fully saturated rings. The second-order valence-corrected chi connectivity index (χ2v) is 8.62. The third kappa shape index (κ3) is 4.11. The summed E-state index contributed by atoms with van der Waals surface area (Å²) in [6, 6.07) is 39.3. The lowest BCUT2D eigenvalue weighted by atomic mass is 9.80. The number of hydrogen-bond donors (Lipinski definition) is 1. The van der Waals surface area contributed by atoms with Crippen molar-refractivity contribution in [2.24, 2.45) is 4.99 Å². The summed E-state index contributed by atoms with van der Waals surface area (Å²) in [5.74, 6) is -0.217. The number of carboxylic acid groups (broad SMARTS) is 1. The number of amidine groups is 1. The molecule has 4 aromatic carbocycles. The molecule has 4 heteroatoms. The Kier molecular flexibility index (Phi) is 5.96. The van der Waals surface area contributed by atoms with E-state index in [9.17, 15) is 9.90 Å². The van der Waals surface area contributed by atoms with Gasteiger partial charge < -0.3 is 10.0 Å². The first-order valence-corrected chi connectivity index (χ1v) is 11.5. The van der Waals surface area contributed by atoms with Crippen molar-refractivity contribution in [3.8, 4) is 0 Å². The fourth-order valence-electron chi connectivity index (χ4n) is 4.83. The van der Waals surface area contributed by atoms with Gasteiger partial charge in [0.25, 0.3) is 0 Å². The molecule has 0 saturated heterocycles. The van der Waals surface area contributed by atoms with Crippen LogP contribution in [0.3, 0.4) is 0 Å². The van der Waals surface area contributed by atoms with Crippen LogP contribution in [-0.2, 0) is 17.8 Å². The summed E-state index contributed by atoms with van der Waals surface area (Å²) in [4.78, 5) is 20.4. The van der Waals surface area contributed by atoms with Crippen molar-refractivity contribution in [1.29, 1.82) is 0 Å². The molecule has 0 aliphatic carbocycles. The van der Waals surface area contributed by atoms with Gasteiger partial charge in [0.2, 0.25) is 0 Å². The molecule has 0 spiro atoms. The quantitative estimate of drug-likeness (QED) is 0.393. The Morgan fingerprint density at radius 2 is 1.24 bits per heavy atom. The van der Waals surface area contributed by atoms with E-state index >= 15 is 0 Å². The van der Waals surface area contributed by atoms with E-state index in [1.165, 1.54) is 0 Å². The second kappa shape index (κ2) is 9.36. The van der Waals surface area contributed by atoms with Crippen LogP contribution < -0.4 is 0 Å². The molecule has 1 aliphatic rings. The van der Waals surface area contributed by atoms with Crippen molar-refractivity contribution in [3.63, 3.8) is 0 Å². The minimum atomic E-state index is -1.37. The molecule has 0 saturated carbocycles. The zero-order valence-corrected chi connectivity index (χ0v) is 18.8. The maximum absolute atomic E-state index is 13.2. The zero-order chi connectivity index (χ0) is 23.4. The van der Waals surface area contributed by atoms with Gasteiger partial charge in [-0.2, -0.15) is 0 Å². The lowest BCUT2D eigenvalue weighted by molar-refractivity contribution is -0.144. The molecule has 0 unspecified atom stereocenters. The maximum atomic E-state index is 13.2. The van der Waals surface area contributed by atoms with E-state index < -0.39 is 17.6 Å². The smallest absolute Gasteiger partial charge is 0.334 e. The molecule has 1 aliphatic heterocycles. The average molecular weight is 447 g/mol. The summed E-state index contributed by atoms with van der Waals surface area (Å²) >= 11 is 0. The molecule has 34 heavy (non-hydrogen) atoms. The van der Waals surface area contributed by atoms with Crippen molar-refractivity contribution < 1.29 is 9.90 Å². The van der Waals surface area contributed by atoms with Gasteiger partial charge in [-0.1, -0.05) is 121 Å². The number of aliphatic carboxylic acids is 1. The van der Waals surface area contributed by atoms with Crippen LogP contribution in [0.25, 0.3) is 0 Å². The Bertz CT molecular complexity index is 1270. The number of nitrogens with zero attached hydrogens (tertiary/aromatic N) is 2. The third-order valence-corrected chi connectivity index (χ3v) is 6.37. The van der Waals surface area contributed by atoms with Crippen molar-refractivity contribution in [3.05, 3.63) is 144 Å². The van der Waals surface area contributed by atoms with Crippen LogP contribution >= 0.6 is 0 Å². The van der Waals surface area contributed by atoms with Crippen LogP contribution in [0.4, 0.5) is 0 Å². The summed E-state index contributed by atoms with van der Waals surface area (Å²) in [5, 5.41) is 10.8. The average Bonchev–Trinajstić information content (AvgIpc) is 3.21. The van der Waals surface area contributed by atoms with Crippen molar-refractivity contribution in [2.75, 3.05) is 0 Å². The highest BCUT2D eigenvalue weighted by molar-refractivity contribution is 6.04. The van der Waals surface area contributed by atoms with Gasteiger partial charge in [0.05, 0.1) is 6.04 Å². The predicted molar refractivity (Wildman–Crippen MR) is 135 cm³/mol. The summed E-state index contributed by atoms with van der Waals surface area (Å²) in [6.45, 7) is 0.554. The standard InChI is InChI=1S/C30H26N2O2/c33-29(34)30(21-23-13-5-1-6-14-23)27(25-17-9-3-10-18-25)32(22-24-15-7-2-8-16-24)28(31-30)26-19-11-4-12-20-26/h1-20,27H,21-22H2,(H,33,34)/t27-,30+/m0/s1. The first-order valence-electron chi connectivity index (χ1n) is 11.5. The van der Waals surface area contributed by atoms with E-state index in [0.29, 0.717) is 18.8 Å². The van der Waals surface area contributed by atoms with Crippen LogP contribution in [-0.4, -0.2) is 27.4 Å². The zero-order valence-electron chi connectivity index (χ0n) is 18.8. The Balaban J connectivity index is 1.72. The molecule has 168 valence electrons. The summed E-state index contributed by atoms with van der Waals surface area (Å²) in [6.07, 6.45) is 0.296. The van der Waals surface area contributed by atoms with E-state index in [-0.39, 0.29) is 0 Å². The molecular formula is C30H26N2O2. The van der Waals surface area contributed by atoms with E-state index in [1.54, 1.807) is 0 Å². The lowest BCUT2D eigenvalue weighted by Gasteiger charge is -2.36. The fraction of sp³-hybridized carbons (Fsp3) is 0.133. The SMILES string of the molecule is O=C(O)[C@]1(Cc2ccccc2)N=C(c2ccccc2)N(Cc2ccccc2)[C@H]1c1ccccc1. The van der Waals surface area contributed by atoms with E-state index in [1.807, 2.05) is 109 Å². The molecule has 0 radical (unpaired) electrons. The second-order valence-electron chi connectivity index (χ2n) is 8.62. The molecule has 0 amide bonds. The number of hydrogen-bond acceptors (Lipinski definition) is 3.